The van der Waals surface area contributed by atoms with E-state index >= 15 is 0 Å². The summed E-state index contributed by atoms with van der Waals surface area (Å²) >= 11 is 0. The molecule has 3 aromatic carbocycles. The summed E-state index contributed by atoms with van der Waals surface area (Å²) in [5.74, 6) is 0.0903. The van der Waals surface area contributed by atoms with Crippen molar-refractivity contribution >= 4 is 32.7 Å². The average molecular weight is 409 g/mol. The zero-order chi connectivity index (χ0) is 22.7. The van der Waals surface area contributed by atoms with Gasteiger partial charge in [-0.2, -0.15) is 0 Å². The van der Waals surface area contributed by atoms with Gasteiger partial charge in [0.1, 0.15) is 18.2 Å². The summed E-state index contributed by atoms with van der Waals surface area (Å²) in [4.78, 5) is 0. The van der Waals surface area contributed by atoms with Crippen molar-refractivity contribution in [3.8, 4) is 11.3 Å². The Morgan fingerprint density at radius 3 is 2.58 bits per heavy atom. The van der Waals surface area contributed by atoms with Gasteiger partial charge in [0.2, 0.25) is 5.69 Å². The SMILES string of the molecule is [2H]C([2H])(c1cc[n+](C)c(-c2c(C)ccc3c2oc2c4ccccc4ccc32)c1)C1CCCC1. The number of hydrogen-bond donors (Lipinski definition) is 0. The highest BCUT2D eigenvalue weighted by atomic mass is 16.3. The zero-order valence-electron chi connectivity index (χ0n) is 20.1. The predicted molar refractivity (Wildman–Crippen MR) is 128 cm³/mol. The number of hydrogen-bond acceptors (Lipinski definition) is 1. The van der Waals surface area contributed by atoms with Gasteiger partial charge in [-0.3, -0.25) is 0 Å². The molecule has 1 aliphatic carbocycles. The first-order valence-electron chi connectivity index (χ1n) is 12.3. The molecule has 154 valence electrons. The van der Waals surface area contributed by atoms with E-state index in [-0.39, 0.29) is 5.92 Å². The minimum atomic E-state index is -1.33. The van der Waals surface area contributed by atoms with Crippen molar-refractivity contribution in [2.45, 2.75) is 39.0 Å². The standard InChI is InChI=1S/C29H28NO/c1-19-11-13-25-24-14-12-22-9-5-6-10-23(22)28(24)31-29(25)27(19)26-18-21(15-16-30(26)2)17-20-7-3-4-8-20/h5-6,9-16,18,20H,3-4,7-8,17H2,1-2H3/q+1/i17D2. The molecule has 2 heterocycles. The van der Waals surface area contributed by atoms with Crippen molar-refractivity contribution in [2.75, 3.05) is 0 Å². The monoisotopic (exact) mass is 408 g/mol. The van der Waals surface area contributed by atoms with Gasteiger partial charge >= 0.3 is 0 Å². The van der Waals surface area contributed by atoms with Crippen LogP contribution in [0.25, 0.3) is 44.0 Å². The number of aromatic nitrogens is 1. The van der Waals surface area contributed by atoms with Gasteiger partial charge < -0.3 is 4.42 Å². The van der Waals surface area contributed by atoms with Crippen molar-refractivity contribution in [1.29, 1.82) is 0 Å². The van der Waals surface area contributed by atoms with Crippen molar-refractivity contribution in [2.24, 2.45) is 13.0 Å². The third kappa shape index (κ3) is 3.05. The van der Waals surface area contributed by atoms with Crippen molar-refractivity contribution in [3.05, 3.63) is 78.0 Å². The molecule has 5 aromatic rings. The summed E-state index contributed by atoms with van der Waals surface area (Å²) in [7, 11) is 2.03. The molecule has 0 bridgehead atoms. The quantitative estimate of drug-likeness (QED) is 0.287. The molecular weight excluding hydrogens is 378 g/mol. The Morgan fingerprint density at radius 1 is 0.935 bits per heavy atom. The maximum absolute atomic E-state index is 8.92. The fourth-order valence-corrected chi connectivity index (χ4v) is 5.20. The highest BCUT2D eigenvalue weighted by Crippen LogP contribution is 2.39. The Hall–Kier alpha value is -3.13. The maximum Gasteiger partial charge on any atom is 0.216 e. The first-order chi connectivity index (χ1) is 15.9. The van der Waals surface area contributed by atoms with Crippen LogP contribution >= 0.6 is 0 Å². The van der Waals surface area contributed by atoms with E-state index in [2.05, 4.69) is 60.0 Å². The van der Waals surface area contributed by atoms with Gasteiger partial charge in [0.25, 0.3) is 0 Å². The lowest BCUT2D eigenvalue weighted by Gasteiger charge is -2.10. The largest absolute Gasteiger partial charge is 0.454 e. The lowest BCUT2D eigenvalue weighted by molar-refractivity contribution is -0.660. The first-order valence-corrected chi connectivity index (χ1v) is 11.3. The lowest BCUT2D eigenvalue weighted by Crippen LogP contribution is -2.31. The topological polar surface area (TPSA) is 17.0 Å². The molecular formula is C29H28NO+. The molecule has 1 saturated carbocycles. The molecule has 2 nitrogen and oxygen atoms in total. The Morgan fingerprint density at radius 2 is 1.71 bits per heavy atom. The third-order valence-corrected chi connectivity index (χ3v) is 6.87. The van der Waals surface area contributed by atoms with Crippen LogP contribution in [0.15, 0.2) is 71.3 Å². The van der Waals surface area contributed by atoms with Gasteiger partial charge in [0.05, 0.1) is 5.56 Å². The van der Waals surface area contributed by atoms with Crippen LogP contribution in [-0.4, -0.2) is 0 Å². The van der Waals surface area contributed by atoms with Crippen LogP contribution in [0, 0.1) is 12.8 Å². The Balaban J connectivity index is 1.61. The Labute approximate surface area is 185 Å². The second-order valence-electron chi connectivity index (χ2n) is 8.94. The molecule has 0 saturated heterocycles. The van der Waals surface area contributed by atoms with Crippen LogP contribution < -0.4 is 4.57 Å². The van der Waals surface area contributed by atoms with E-state index < -0.39 is 6.37 Å². The number of rotatable bonds is 3. The van der Waals surface area contributed by atoms with Crippen LogP contribution in [0.2, 0.25) is 0 Å². The van der Waals surface area contributed by atoms with Gasteiger partial charge in [0, 0.05) is 31.0 Å². The highest BCUT2D eigenvalue weighted by molar-refractivity contribution is 6.17. The van der Waals surface area contributed by atoms with Gasteiger partial charge in [0.15, 0.2) is 6.20 Å². The molecule has 0 amide bonds. The summed E-state index contributed by atoms with van der Waals surface area (Å²) in [5, 5.41) is 4.50. The second kappa shape index (κ2) is 7.23. The van der Waals surface area contributed by atoms with Gasteiger partial charge in [-0.1, -0.05) is 68.1 Å². The summed E-state index contributed by atoms with van der Waals surface area (Å²) in [5.41, 5.74) is 5.70. The van der Waals surface area contributed by atoms with Crippen LogP contribution in [0.4, 0.5) is 0 Å². The van der Waals surface area contributed by atoms with E-state index in [4.69, 9.17) is 7.16 Å². The number of benzene rings is 3. The molecule has 2 aromatic heterocycles. The smallest absolute Gasteiger partial charge is 0.216 e. The molecule has 0 atom stereocenters. The Kier molecular flexibility index (Phi) is 3.86. The zero-order valence-corrected chi connectivity index (χ0v) is 18.1. The molecule has 2 heteroatoms. The fourth-order valence-electron chi connectivity index (χ4n) is 5.20. The van der Waals surface area contributed by atoms with E-state index in [0.29, 0.717) is 0 Å². The highest BCUT2D eigenvalue weighted by Gasteiger charge is 2.23. The minimum absolute atomic E-state index is 0.0903. The molecule has 0 unspecified atom stereocenters. The normalized spacial score (nSPS) is 16.3. The van der Waals surface area contributed by atoms with E-state index in [9.17, 15) is 0 Å². The van der Waals surface area contributed by atoms with E-state index in [0.717, 1.165) is 75.4 Å². The van der Waals surface area contributed by atoms with E-state index in [1.807, 2.05) is 25.4 Å². The lowest BCUT2D eigenvalue weighted by atomic mass is 9.95. The minimum Gasteiger partial charge on any atom is -0.454 e. The molecule has 0 aliphatic heterocycles. The van der Waals surface area contributed by atoms with Crippen molar-refractivity contribution < 1.29 is 11.7 Å². The second-order valence-corrected chi connectivity index (χ2v) is 8.94. The molecule has 31 heavy (non-hydrogen) atoms. The molecule has 1 fully saturated rings. The van der Waals surface area contributed by atoms with Crippen LogP contribution in [0.1, 0.15) is 39.6 Å². The van der Waals surface area contributed by atoms with Crippen molar-refractivity contribution in [1.82, 2.24) is 0 Å². The van der Waals surface area contributed by atoms with Crippen LogP contribution in [-0.2, 0) is 13.4 Å². The van der Waals surface area contributed by atoms with Crippen LogP contribution in [0.3, 0.4) is 0 Å². The van der Waals surface area contributed by atoms with Crippen LogP contribution in [0.5, 0.6) is 0 Å². The third-order valence-electron chi connectivity index (χ3n) is 6.87. The summed E-state index contributed by atoms with van der Waals surface area (Å²) in [6, 6.07) is 20.9. The molecule has 6 rings (SSSR count). The maximum atomic E-state index is 8.92. The molecule has 0 N–H and O–H groups in total. The van der Waals surface area contributed by atoms with Gasteiger partial charge in [-0.25, -0.2) is 4.57 Å². The number of furan rings is 1. The number of nitrogens with zero attached hydrogens (tertiary/aromatic N) is 1. The van der Waals surface area contributed by atoms with Gasteiger partial charge in [-0.15, -0.1) is 0 Å². The molecule has 0 spiro atoms. The predicted octanol–water partition coefficient (Wildman–Crippen LogP) is 7.27. The number of aryl methyl sites for hydroxylation is 2. The van der Waals surface area contributed by atoms with E-state index in [1.165, 1.54) is 5.39 Å². The first kappa shape index (κ1) is 16.5. The van der Waals surface area contributed by atoms with E-state index in [1.54, 1.807) is 0 Å². The van der Waals surface area contributed by atoms with Crippen molar-refractivity contribution in [3.63, 3.8) is 0 Å². The average Bonchev–Trinajstić information content (AvgIpc) is 3.48. The Bertz CT molecular complexity index is 1530. The molecule has 0 radical (unpaired) electrons. The number of pyridine rings is 1. The molecule has 1 aliphatic rings. The summed E-state index contributed by atoms with van der Waals surface area (Å²) < 4.78 is 26.5. The summed E-state index contributed by atoms with van der Waals surface area (Å²) in [6.45, 7) is 2.11. The number of fused-ring (bicyclic) bond motifs is 5. The summed E-state index contributed by atoms with van der Waals surface area (Å²) in [6.07, 6.45) is 4.86. The fraction of sp³-hybridized carbons (Fsp3) is 0.276. The van der Waals surface area contributed by atoms with Gasteiger partial charge in [-0.05, 0) is 41.8 Å².